The number of urea groups is 1. The van der Waals surface area contributed by atoms with Gasteiger partial charge >= 0.3 is 6.03 Å². The number of carbonyl (C=O) groups excluding carboxylic acids is 2. The molecule has 1 aliphatic heterocycles. The van der Waals surface area contributed by atoms with Crippen molar-refractivity contribution in [1.29, 1.82) is 0 Å². The highest BCUT2D eigenvalue weighted by Gasteiger charge is 2.25. The number of Topliss-reactive ketones (excluding diaryl/α,β-unsaturated/α-hetero) is 1. The Morgan fingerprint density at radius 3 is 2.50 bits per heavy atom. The van der Waals surface area contributed by atoms with Gasteiger partial charge in [-0.1, -0.05) is 6.92 Å². The van der Waals surface area contributed by atoms with Crippen LogP contribution in [0.4, 0.5) is 4.79 Å². The monoisotopic (exact) mass is 246 g/mol. The summed E-state index contributed by atoms with van der Waals surface area (Å²) < 4.78 is 0. The minimum Gasteiger partial charge on any atom is -0.337 e. The summed E-state index contributed by atoms with van der Waals surface area (Å²) in [5, 5.41) is 2.73. The van der Waals surface area contributed by atoms with Crippen LogP contribution in [-0.2, 0) is 4.79 Å². The number of piperidine rings is 1. The number of amides is 2. The quantitative estimate of drug-likeness (QED) is 0.767. The zero-order valence-corrected chi connectivity index (χ0v) is 10.4. The smallest absolute Gasteiger partial charge is 0.317 e. The molecular weight excluding hydrogens is 228 g/mol. The Hall–Kier alpha value is -0.770. The molecule has 0 aromatic rings. The summed E-state index contributed by atoms with van der Waals surface area (Å²) in [5.41, 5.74) is 0. The molecule has 92 valence electrons. The minimum absolute atomic E-state index is 0.0666. The van der Waals surface area contributed by atoms with E-state index in [-0.39, 0.29) is 11.9 Å². The molecule has 4 nitrogen and oxygen atoms in total. The molecule has 1 fully saturated rings. The van der Waals surface area contributed by atoms with Gasteiger partial charge in [-0.3, -0.25) is 4.79 Å². The number of likely N-dealkylation sites (tertiary alicyclic amines) is 1. The average molecular weight is 247 g/mol. The highest BCUT2D eigenvalue weighted by molar-refractivity contribution is 6.18. The highest BCUT2D eigenvalue weighted by Crippen LogP contribution is 2.19. The van der Waals surface area contributed by atoms with Crippen LogP contribution in [0.15, 0.2) is 0 Å². The molecule has 0 radical (unpaired) electrons. The molecule has 0 aliphatic carbocycles. The van der Waals surface area contributed by atoms with E-state index < -0.39 is 0 Å². The molecule has 1 aliphatic rings. The topological polar surface area (TPSA) is 49.4 Å². The number of hydrogen-bond acceptors (Lipinski definition) is 2. The predicted octanol–water partition coefficient (Wildman–Crippen LogP) is 1.63. The van der Waals surface area contributed by atoms with Gasteiger partial charge in [0.05, 0.1) is 0 Å². The lowest BCUT2D eigenvalue weighted by atomic mass is 9.91. The molecular formula is C11H19ClN2O2. The maximum Gasteiger partial charge on any atom is 0.317 e. The summed E-state index contributed by atoms with van der Waals surface area (Å²) in [6, 6.07) is -0.0666. The predicted molar refractivity (Wildman–Crippen MR) is 63.7 cm³/mol. The van der Waals surface area contributed by atoms with Crippen molar-refractivity contribution in [3.8, 4) is 0 Å². The van der Waals surface area contributed by atoms with Crippen LogP contribution in [0.25, 0.3) is 0 Å². The van der Waals surface area contributed by atoms with Crippen molar-refractivity contribution >= 4 is 23.4 Å². The number of hydrogen-bond donors (Lipinski definition) is 1. The normalized spacial score (nSPS) is 17.2. The van der Waals surface area contributed by atoms with Crippen molar-refractivity contribution in [2.24, 2.45) is 5.92 Å². The van der Waals surface area contributed by atoms with E-state index in [1.165, 1.54) is 0 Å². The number of carbonyl (C=O) groups is 2. The fourth-order valence-electron chi connectivity index (χ4n) is 1.96. The molecule has 16 heavy (non-hydrogen) atoms. The fraction of sp³-hybridized carbons (Fsp3) is 0.818. The number of rotatable bonds is 4. The van der Waals surface area contributed by atoms with Crippen molar-refractivity contribution in [3.63, 3.8) is 0 Å². The summed E-state index contributed by atoms with van der Waals surface area (Å²) in [6.07, 6.45) is 2.19. The van der Waals surface area contributed by atoms with Gasteiger partial charge in [-0.25, -0.2) is 4.79 Å². The fourth-order valence-corrected chi connectivity index (χ4v) is 2.05. The van der Waals surface area contributed by atoms with Crippen molar-refractivity contribution in [1.82, 2.24) is 10.2 Å². The summed E-state index contributed by atoms with van der Waals surface area (Å²) in [7, 11) is 0. The third kappa shape index (κ3) is 3.67. The molecule has 0 saturated carbocycles. The van der Waals surface area contributed by atoms with Crippen molar-refractivity contribution in [2.45, 2.75) is 26.2 Å². The van der Waals surface area contributed by atoms with E-state index in [4.69, 9.17) is 11.6 Å². The molecule has 1 N–H and O–H groups in total. The number of nitrogens with zero attached hydrogens (tertiary/aromatic N) is 1. The van der Waals surface area contributed by atoms with Gasteiger partial charge in [0.25, 0.3) is 0 Å². The molecule has 1 heterocycles. The first kappa shape index (κ1) is 13.3. The van der Waals surface area contributed by atoms with Gasteiger partial charge in [-0.15, -0.1) is 11.6 Å². The zero-order chi connectivity index (χ0) is 12.0. The second-order valence-electron chi connectivity index (χ2n) is 4.00. The Morgan fingerprint density at radius 1 is 1.38 bits per heavy atom. The molecule has 5 heteroatoms. The van der Waals surface area contributed by atoms with Gasteiger partial charge in [-0.2, -0.15) is 0 Å². The molecule has 0 unspecified atom stereocenters. The van der Waals surface area contributed by atoms with Crippen molar-refractivity contribution in [3.05, 3.63) is 0 Å². The maximum atomic E-state index is 11.6. The van der Waals surface area contributed by atoms with Crippen LogP contribution in [0.2, 0.25) is 0 Å². The van der Waals surface area contributed by atoms with Crippen LogP contribution in [0.1, 0.15) is 26.2 Å². The lowest BCUT2D eigenvalue weighted by Gasteiger charge is -2.31. The molecule has 0 atom stereocenters. The molecule has 2 amide bonds. The standard InChI is InChI=1S/C11H19ClN2O2/c1-2-10(15)9-3-7-14(8-4-9)11(16)13-6-5-12/h9H,2-8H2,1H3,(H,13,16). The summed E-state index contributed by atoms with van der Waals surface area (Å²) in [5.74, 6) is 0.902. The first-order chi connectivity index (χ1) is 7.69. The molecule has 0 aromatic carbocycles. The summed E-state index contributed by atoms with van der Waals surface area (Å²) in [4.78, 5) is 24.8. The third-order valence-corrected chi connectivity index (χ3v) is 3.15. The number of nitrogens with one attached hydrogen (secondary N) is 1. The lowest BCUT2D eigenvalue weighted by molar-refractivity contribution is -0.123. The van der Waals surface area contributed by atoms with E-state index in [2.05, 4.69) is 5.32 Å². The van der Waals surface area contributed by atoms with Gasteiger partial charge in [0.1, 0.15) is 5.78 Å². The Kier molecular flexibility index (Phi) is 5.60. The summed E-state index contributed by atoms with van der Waals surface area (Å²) in [6.45, 7) is 3.73. The van der Waals surface area contributed by atoms with Crippen LogP contribution in [0.5, 0.6) is 0 Å². The van der Waals surface area contributed by atoms with Crippen LogP contribution < -0.4 is 5.32 Å². The SMILES string of the molecule is CCC(=O)C1CCN(C(=O)NCCCl)CC1. The van der Waals surface area contributed by atoms with E-state index in [1.807, 2.05) is 6.92 Å². The molecule has 0 aromatic heterocycles. The second-order valence-corrected chi connectivity index (χ2v) is 4.38. The number of ketones is 1. The van der Waals surface area contributed by atoms with Gasteiger partial charge < -0.3 is 10.2 Å². The van der Waals surface area contributed by atoms with Crippen LogP contribution in [-0.4, -0.2) is 42.2 Å². The second kappa shape index (κ2) is 6.74. The van der Waals surface area contributed by atoms with E-state index in [9.17, 15) is 9.59 Å². The van der Waals surface area contributed by atoms with E-state index in [0.29, 0.717) is 37.7 Å². The molecule has 0 bridgehead atoms. The highest BCUT2D eigenvalue weighted by atomic mass is 35.5. The number of alkyl halides is 1. The van der Waals surface area contributed by atoms with Gasteiger partial charge in [-0.05, 0) is 12.8 Å². The first-order valence-electron chi connectivity index (χ1n) is 5.80. The van der Waals surface area contributed by atoms with Crippen molar-refractivity contribution in [2.75, 3.05) is 25.5 Å². The van der Waals surface area contributed by atoms with Gasteiger partial charge in [0, 0.05) is 37.9 Å². The van der Waals surface area contributed by atoms with Crippen LogP contribution >= 0.6 is 11.6 Å². The van der Waals surface area contributed by atoms with Crippen LogP contribution in [0.3, 0.4) is 0 Å². The Bertz CT molecular complexity index is 250. The van der Waals surface area contributed by atoms with Crippen LogP contribution in [0, 0.1) is 5.92 Å². The maximum absolute atomic E-state index is 11.6. The third-order valence-electron chi connectivity index (χ3n) is 2.96. The Labute approximate surface area is 101 Å². The van der Waals surface area contributed by atoms with Crippen molar-refractivity contribution < 1.29 is 9.59 Å². The van der Waals surface area contributed by atoms with E-state index >= 15 is 0 Å². The Balaban J connectivity index is 2.31. The Morgan fingerprint density at radius 2 is 2.00 bits per heavy atom. The van der Waals surface area contributed by atoms with Gasteiger partial charge in [0.2, 0.25) is 0 Å². The number of halogens is 1. The van der Waals surface area contributed by atoms with E-state index in [0.717, 1.165) is 12.8 Å². The van der Waals surface area contributed by atoms with E-state index in [1.54, 1.807) is 4.90 Å². The molecule has 1 saturated heterocycles. The largest absolute Gasteiger partial charge is 0.337 e. The first-order valence-corrected chi connectivity index (χ1v) is 6.34. The molecule has 0 spiro atoms. The van der Waals surface area contributed by atoms with Gasteiger partial charge in [0.15, 0.2) is 0 Å². The summed E-state index contributed by atoms with van der Waals surface area (Å²) >= 11 is 5.49. The lowest BCUT2D eigenvalue weighted by Crippen LogP contribution is -2.45. The zero-order valence-electron chi connectivity index (χ0n) is 9.67. The minimum atomic E-state index is -0.0666. The molecule has 1 rings (SSSR count). The average Bonchev–Trinajstić information content (AvgIpc) is 2.35.